The van der Waals surface area contributed by atoms with E-state index in [-0.39, 0.29) is 11.4 Å². The number of nitro groups is 1. The van der Waals surface area contributed by atoms with Gasteiger partial charge in [0.1, 0.15) is 0 Å². The maximum Gasteiger partial charge on any atom is 0.429 e. The van der Waals surface area contributed by atoms with Crippen molar-refractivity contribution in [3.05, 3.63) is 34.4 Å². The summed E-state index contributed by atoms with van der Waals surface area (Å²) >= 11 is 0. The highest BCUT2D eigenvalue weighted by atomic mass is 31.2. The van der Waals surface area contributed by atoms with Gasteiger partial charge < -0.3 is 9.79 Å². The lowest BCUT2D eigenvalue weighted by Crippen LogP contribution is -2.12. The van der Waals surface area contributed by atoms with Gasteiger partial charge >= 0.3 is 7.75 Å². The van der Waals surface area contributed by atoms with Crippen molar-refractivity contribution in [3.63, 3.8) is 0 Å². The molecule has 0 aliphatic rings. The van der Waals surface area contributed by atoms with E-state index in [0.717, 1.165) is 4.67 Å². The normalized spacial score (nSPS) is 11.1. The molecule has 7 nitrogen and oxygen atoms in total. The van der Waals surface area contributed by atoms with Gasteiger partial charge in [0.2, 0.25) is 0 Å². The molecule has 0 aliphatic carbocycles. The quantitative estimate of drug-likeness (QED) is 0.459. The van der Waals surface area contributed by atoms with E-state index in [0.29, 0.717) is 0 Å². The zero-order chi connectivity index (χ0) is 11.6. The van der Waals surface area contributed by atoms with Crippen LogP contribution in [0.5, 0.6) is 0 Å². The van der Waals surface area contributed by atoms with E-state index >= 15 is 0 Å². The van der Waals surface area contributed by atoms with Crippen LogP contribution in [0.15, 0.2) is 24.3 Å². The Hall–Kier alpha value is -1.43. The molecule has 1 aromatic carbocycles. The highest BCUT2D eigenvalue weighted by molar-refractivity contribution is 7.53. The molecule has 0 radical (unpaired) electrons. The van der Waals surface area contributed by atoms with E-state index in [1.54, 1.807) is 0 Å². The fourth-order valence-electron chi connectivity index (χ4n) is 0.941. The number of nitrogens with zero attached hydrogens (tertiary/aromatic N) is 2. The second kappa shape index (κ2) is 3.98. The Morgan fingerprint density at radius 1 is 1.33 bits per heavy atom. The van der Waals surface area contributed by atoms with Crippen LogP contribution >= 0.6 is 7.75 Å². The van der Waals surface area contributed by atoms with Gasteiger partial charge in [0, 0.05) is 24.9 Å². The summed E-state index contributed by atoms with van der Waals surface area (Å²) in [5.41, 5.74) is 0.0896. The molecule has 0 bridgehead atoms. The molecule has 1 aromatic rings. The van der Waals surface area contributed by atoms with Crippen LogP contribution in [0.4, 0.5) is 11.4 Å². The van der Waals surface area contributed by atoms with Crippen molar-refractivity contribution in [2.24, 2.45) is 0 Å². The van der Waals surface area contributed by atoms with E-state index in [2.05, 4.69) is 0 Å². The minimum atomic E-state index is -4.35. The van der Waals surface area contributed by atoms with Crippen LogP contribution in [0.3, 0.4) is 0 Å². The number of hydrogen-bond acceptors (Lipinski definition) is 3. The molecule has 2 N–H and O–H groups in total. The van der Waals surface area contributed by atoms with Gasteiger partial charge in [-0.3, -0.25) is 14.8 Å². The maximum atomic E-state index is 10.8. The summed E-state index contributed by atoms with van der Waals surface area (Å²) in [6, 6.07) is 4.91. The average molecular weight is 232 g/mol. The molecular weight excluding hydrogens is 223 g/mol. The molecular formula is C7H9N2O5P. The van der Waals surface area contributed by atoms with Crippen molar-refractivity contribution in [3.8, 4) is 0 Å². The van der Waals surface area contributed by atoms with E-state index in [9.17, 15) is 14.7 Å². The van der Waals surface area contributed by atoms with E-state index in [1.165, 1.54) is 31.3 Å². The zero-order valence-corrected chi connectivity index (χ0v) is 8.66. The first-order valence-electron chi connectivity index (χ1n) is 3.86. The summed E-state index contributed by atoms with van der Waals surface area (Å²) in [7, 11) is -3.14. The predicted molar refractivity (Wildman–Crippen MR) is 53.5 cm³/mol. The first-order valence-corrected chi connectivity index (χ1v) is 5.43. The summed E-state index contributed by atoms with van der Waals surface area (Å²) < 4.78 is 11.6. The topological polar surface area (TPSA) is 104 Å². The lowest BCUT2D eigenvalue weighted by molar-refractivity contribution is -0.384. The van der Waals surface area contributed by atoms with Crippen LogP contribution in [0.2, 0.25) is 0 Å². The van der Waals surface area contributed by atoms with Crippen LogP contribution in [-0.4, -0.2) is 21.8 Å². The third-order valence-corrected chi connectivity index (χ3v) is 2.84. The van der Waals surface area contributed by atoms with Crippen molar-refractivity contribution < 1.29 is 19.3 Å². The summed E-state index contributed by atoms with van der Waals surface area (Å²) in [6.07, 6.45) is 0. The molecule has 0 saturated carbocycles. The predicted octanol–water partition coefficient (Wildman–Crippen LogP) is 1.12. The Bertz CT molecular complexity index is 412. The second-order valence-electron chi connectivity index (χ2n) is 2.81. The Morgan fingerprint density at radius 3 is 2.13 bits per heavy atom. The molecule has 0 atom stereocenters. The maximum absolute atomic E-state index is 10.8. The van der Waals surface area contributed by atoms with Gasteiger partial charge in [-0.15, -0.1) is 0 Å². The average Bonchev–Trinajstić information content (AvgIpc) is 2.15. The minimum Gasteiger partial charge on any atom is -0.308 e. The number of non-ortho nitro benzene ring substituents is 1. The van der Waals surface area contributed by atoms with Gasteiger partial charge in [0.05, 0.1) is 4.92 Å². The highest BCUT2D eigenvalue weighted by Gasteiger charge is 2.21. The molecule has 0 aromatic heterocycles. The molecule has 15 heavy (non-hydrogen) atoms. The second-order valence-corrected chi connectivity index (χ2v) is 4.44. The third kappa shape index (κ3) is 2.76. The highest BCUT2D eigenvalue weighted by Crippen LogP contribution is 2.42. The van der Waals surface area contributed by atoms with Crippen molar-refractivity contribution in [1.82, 2.24) is 0 Å². The number of hydrogen-bond donors (Lipinski definition) is 2. The van der Waals surface area contributed by atoms with Crippen LogP contribution < -0.4 is 4.67 Å². The SMILES string of the molecule is CN(c1ccc([N+](=O)[O-])cc1)P(=O)(O)O. The molecule has 0 amide bonds. The third-order valence-electron chi connectivity index (χ3n) is 1.82. The van der Waals surface area contributed by atoms with Crippen molar-refractivity contribution in [2.45, 2.75) is 0 Å². The van der Waals surface area contributed by atoms with E-state index in [4.69, 9.17) is 9.79 Å². The standard InChI is InChI=1S/C7H9N2O5P/c1-8(15(12,13)14)6-2-4-7(5-3-6)9(10)11/h2-5H,1H3,(H2,12,13,14). The summed E-state index contributed by atoms with van der Waals surface area (Å²) in [5.74, 6) is 0. The zero-order valence-electron chi connectivity index (χ0n) is 7.77. The Kier molecular flexibility index (Phi) is 3.09. The van der Waals surface area contributed by atoms with Gasteiger partial charge in [-0.25, -0.2) is 4.57 Å². The molecule has 0 saturated heterocycles. The Balaban J connectivity index is 2.99. The molecule has 1 rings (SSSR count). The summed E-state index contributed by atoms with van der Waals surface area (Å²) in [5, 5.41) is 10.3. The molecule has 0 spiro atoms. The number of rotatable bonds is 3. The number of nitro benzene ring substituents is 1. The van der Waals surface area contributed by atoms with Gasteiger partial charge in [-0.2, -0.15) is 0 Å². The van der Waals surface area contributed by atoms with Crippen LogP contribution in [0.25, 0.3) is 0 Å². The largest absolute Gasteiger partial charge is 0.429 e. The number of anilines is 1. The minimum absolute atomic E-state index is 0.127. The van der Waals surface area contributed by atoms with Crippen LogP contribution in [-0.2, 0) is 4.57 Å². The molecule has 0 unspecified atom stereocenters. The lowest BCUT2D eigenvalue weighted by atomic mass is 10.3. The fourth-order valence-corrected chi connectivity index (χ4v) is 1.37. The number of benzene rings is 1. The van der Waals surface area contributed by atoms with Crippen LogP contribution in [0, 0.1) is 10.1 Å². The molecule has 0 fully saturated rings. The smallest absolute Gasteiger partial charge is 0.308 e. The van der Waals surface area contributed by atoms with Gasteiger partial charge in [0.15, 0.2) is 0 Å². The summed E-state index contributed by atoms with van der Waals surface area (Å²) in [6.45, 7) is 0. The molecule has 0 aliphatic heterocycles. The van der Waals surface area contributed by atoms with Gasteiger partial charge in [-0.1, -0.05) is 0 Å². The van der Waals surface area contributed by atoms with Gasteiger partial charge in [-0.05, 0) is 12.1 Å². The Labute approximate surface area is 85.3 Å². The molecule has 0 heterocycles. The first kappa shape index (κ1) is 11.6. The Morgan fingerprint density at radius 2 is 1.80 bits per heavy atom. The van der Waals surface area contributed by atoms with E-state index in [1.807, 2.05) is 0 Å². The van der Waals surface area contributed by atoms with Crippen molar-refractivity contribution in [1.29, 1.82) is 0 Å². The van der Waals surface area contributed by atoms with Crippen LogP contribution in [0.1, 0.15) is 0 Å². The van der Waals surface area contributed by atoms with Crippen molar-refractivity contribution in [2.75, 3.05) is 11.7 Å². The lowest BCUT2D eigenvalue weighted by Gasteiger charge is -2.19. The summed E-state index contributed by atoms with van der Waals surface area (Å²) in [4.78, 5) is 27.4. The van der Waals surface area contributed by atoms with E-state index < -0.39 is 12.7 Å². The van der Waals surface area contributed by atoms with Crippen molar-refractivity contribution >= 4 is 19.1 Å². The monoisotopic (exact) mass is 232 g/mol. The van der Waals surface area contributed by atoms with Gasteiger partial charge in [0.25, 0.3) is 5.69 Å². The molecule has 8 heteroatoms. The molecule has 82 valence electrons. The fraction of sp³-hybridized carbons (Fsp3) is 0.143. The first-order chi connectivity index (χ1) is 6.82.